The molecule has 0 spiro atoms. The second kappa shape index (κ2) is 5.92. The minimum atomic E-state index is -0.146. The van der Waals surface area contributed by atoms with E-state index < -0.39 is 0 Å². The van der Waals surface area contributed by atoms with Gasteiger partial charge in [0.05, 0.1) is 12.1 Å². The molecule has 1 aromatic heterocycles. The predicted octanol–water partition coefficient (Wildman–Crippen LogP) is 2.59. The molecule has 0 bridgehead atoms. The Labute approximate surface area is 119 Å². The molecule has 0 radical (unpaired) electrons. The number of aryl methyl sites for hydroxylation is 3. The summed E-state index contributed by atoms with van der Waals surface area (Å²) in [4.78, 5) is 12.0. The first-order valence-electron chi connectivity index (χ1n) is 6.63. The molecule has 4 heteroatoms. The fourth-order valence-electron chi connectivity index (χ4n) is 2.37. The third kappa shape index (κ3) is 3.08. The van der Waals surface area contributed by atoms with E-state index in [0.717, 1.165) is 5.56 Å². The first kappa shape index (κ1) is 14.3. The Morgan fingerprint density at radius 1 is 1.20 bits per heavy atom. The molecule has 4 nitrogen and oxygen atoms in total. The molecule has 1 aromatic carbocycles. The highest BCUT2D eigenvalue weighted by molar-refractivity contribution is 5.93. The Hall–Kier alpha value is -2.07. The maximum Gasteiger partial charge on any atom is 0.254 e. The number of carbonyl (C=O) groups excluding carboxylic acids is 1. The molecule has 0 aliphatic carbocycles. The molecule has 0 saturated carbocycles. The van der Waals surface area contributed by atoms with Crippen molar-refractivity contribution in [1.29, 1.82) is 0 Å². The van der Waals surface area contributed by atoms with Crippen molar-refractivity contribution < 1.29 is 9.21 Å². The van der Waals surface area contributed by atoms with Crippen molar-refractivity contribution in [2.24, 2.45) is 5.73 Å². The van der Waals surface area contributed by atoms with Crippen molar-refractivity contribution >= 4 is 5.91 Å². The molecule has 1 amide bonds. The van der Waals surface area contributed by atoms with Crippen molar-refractivity contribution in [3.8, 4) is 0 Å². The molecular formula is C16H20N2O2. The van der Waals surface area contributed by atoms with Gasteiger partial charge < -0.3 is 15.5 Å². The van der Waals surface area contributed by atoms with Crippen LogP contribution in [0.3, 0.4) is 0 Å². The highest BCUT2D eigenvalue weighted by Gasteiger charge is 2.11. The molecule has 0 aliphatic rings. The van der Waals surface area contributed by atoms with Crippen LogP contribution in [0.15, 0.2) is 28.9 Å². The average molecular weight is 272 g/mol. The number of rotatable bonds is 4. The highest BCUT2D eigenvalue weighted by atomic mass is 16.3. The Morgan fingerprint density at radius 2 is 1.85 bits per heavy atom. The van der Waals surface area contributed by atoms with Gasteiger partial charge in [0.2, 0.25) is 0 Å². The fraction of sp³-hybridized carbons (Fsp3) is 0.312. The number of carbonyl (C=O) groups is 1. The van der Waals surface area contributed by atoms with Gasteiger partial charge in [-0.1, -0.05) is 17.7 Å². The number of nitrogens with two attached hydrogens (primary N) is 1. The summed E-state index contributed by atoms with van der Waals surface area (Å²) >= 11 is 0. The number of hydrogen-bond acceptors (Lipinski definition) is 3. The number of hydrogen-bond donors (Lipinski definition) is 2. The molecule has 1 heterocycles. The Morgan fingerprint density at radius 3 is 2.40 bits per heavy atom. The summed E-state index contributed by atoms with van der Waals surface area (Å²) in [6, 6.07) is 5.92. The summed E-state index contributed by atoms with van der Waals surface area (Å²) in [5.41, 5.74) is 10.7. The van der Waals surface area contributed by atoms with Gasteiger partial charge in [0.25, 0.3) is 5.91 Å². The van der Waals surface area contributed by atoms with Crippen LogP contribution in [-0.4, -0.2) is 5.91 Å². The summed E-state index contributed by atoms with van der Waals surface area (Å²) in [7, 11) is 0. The van der Waals surface area contributed by atoms with Crippen LogP contribution in [0.25, 0.3) is 0 Å². The molecule has 3 N–H and O–H groups in total. The smallest absolute Gasteiger partial charge is 0.254 e. The zero-order valence-electron chi connectivity index (χ0n) is 12.1. The van der Waals surface area contributed by atoms with Gasteiger partial charge >= 0.3 is 0 Å². The van der Waals surface area contributed by atoms with E-state index in [9.17, 15) is 4.79 Å². The maximum absolute atomic E-state index is 12.0. The van der Waals surface area contributed by atoms with Crippen LogP contribution < -0.4 is 11.1 Å². The topological polar surface area (TPSA) is 68.3 Å². The van der Waals surface area contributed by atoms with Crippen molar-refractivity contribution in [2.75, 3.05) is 0 Å². The van der Waals surface area contributed by atoms with Crippen LogP contribution in [0.5, 0.6) is 0 Å². The van der Waals surface area contributed by atoms with Crippen LogP contribution in [0.1, 0.15) is 38.4 Å². The largest absolute Gasteiger partial charge is 0.467 e. The summed E-state index contributed by atoms with van der Waals surface area (Å²) in [6.45, 7) is 7.00. The van der Waals surface area contributed by atoms with Gasteiger partial charge in [-0.05, 0) is 43.5 Å². The number of amides is 1. The fourth-order valence-corrected chi connectivity index (χ4v) is 2.37. The average Bonchev–Trinajstić information content (AvgIpc) is 2.86. The summed E-state index contributed by atoms with van der Waals surface area (Å²) in [6.07, 6.45) is 1.44. The third-order valence-electron chi connectivity index (χ3n) is 3.38. The molecular weight excluding hydrogens is 252 g/mol. The Kier molecular flexibility index (Phi) is 4.25. The van der Waals surface area contributed by atoms with E-state index in [0.29, 0.717) is 24.4 Å². The van der Waals surface area contributed by atoms with Crippen LogP contribution in [0.4, 0.5) is 0 Å². The molecule has 0 aliphatic heterocycles. The van der Waals surface area contributed by atoms with Gasteiger partial charge in [-0.25, -0.2) is 0 Å². The lowest BCUT2D eigenvalue weighted by Crippen LogP contribution is -2.23. The van der Waals surface area contributed by atoms with Crippen LogP contribution >= 0.6 is 0 Å². The van der Waals surface area contributed by atoms with E-state index in [4.69, 9.17) is 10.2 Å². The molecule has 20 heavy (non-hydrogen) atoms. The summed E-state index contributed by atoms with van der Waals surface area (Å²) < 4.78 is 5.16. The normalized spacial score (nSPS) is 10.6. The van der Waals surface area contributed by atoms with E-state index in [2.05, 4.69) is 38.2 Å². The quantitative estimate of drug-likeness (QED) is 0.899. The number of nitrogens with one attached hydrogen (secondary N) is 1. The van der Waals surface area contributed by atoms with Gasteiger partial charge in [-0.15, -0.1) is 0 Å². The molecule has 106 valence electrons. The van der Waals surface area contributed by atoms with Gasteiger partial charge in [0, 0.05) is 6.54 Å². The second-order valence-corrected chi connectivity index (χ2v) is 5.07. The second-order valence-electron chi connectivity index (χ2n) is 5.07. The van der Waals surface area contributed by atoms with Crippen molar-refractivity contribution in [3.63, 3.8) is 0 Å². The van der Waals surface area contributed by atoms with Gasteiger partial charge in [0.1, 0.15) is 12.0 Å². The van der Waals surface area contributed by atoms with Crippen LogP contribution in [0.2, 0.25) is 0 Å². The van der Waals surface area contributed by atoms with E-state index in [1.807, 2.05) is 0 Å². The number of benzene rings is 1. The SMILES string of the molecule is Cc1cc(C)c(CNC(=O)c2coc(CN)c2)c(C)c1. The number of furan rings is 1. The lowest BCUT2D eigenvalue weighted by molar-refractivity contribution is 0.0950. The van der Waals surface area contributed by atoms with Gasteiger partial charge in [0.15, 0.2) is 0 Å². The zero-order chi connectivity index (χ0) is 14.7. The summed E-state index contributed by atoms with van der Waals surface area (Å²) in [5.74, 6) is 0.464. The maximum atomic E-state index is 12.0. The zero-order valence-corrected chi connectivity index (χ0v) is 12.1. The Bertz CT molecular complexity index is 606. The minimum Gasteiger partial charge on any atom is -0.467 e. The van der Waals surface area contributed by atoms with Crippen molar-refractivity contribution in [2.45, 2.75) is 33.9 Å². The lowest BCUT2D eigenvalue weighted by Gasteiger charge is -2.12. The molecule has 0 unspecified atom stereocenters. The molecule has 0 fully saturated rings. The molecule has 0 atom stereocenters. The monoisotopic (exact) mass is 272 g/mol. The van der Waals surface area contributed by atoms with E-state index >= 15 is 0 Å². The molecule has 2 aromatic rings. The predicted molar refractivity (Wildman–Crippen MR) is 78.4 cm³/mol. The van der Waals surface area contributed by atoms with Crippen LogP contribution in [0, 0.1) is 20.8 Å². The minimum absolute atomic E-state index is 0.146. The van der Waals surface area contributed by atoms with E-state index in [1.54, 1.807) is 6.07 Å². The summed E-state index contributed by atoms with van der Waals surface area (Å²) in [5, 5.41) is 2.91. The van der Waals surface area contributed by atoms with Crippen LogP contribution in [-0.2, 0) is 13.1 Å². The highest BCUT2D eigenvalue weighted by Crippen LogP contribution is 2.16. The first-order chi connectivity index (χ1) is 9.51. The third-order valence-corrected chi connectivity index (χ3v) is 3.38. The molecule has 0 saturated heterocycles. The van der Waals surface area contributed by atoms with Crippen molar-refractivity contribution in [3.05, 3.63) is 58.0 Å². The first-order valence-corrected chi connectivity index (χ1v) is 6.63. The standard InChI is InChI=1S/C16H20N2O2/c1-10-4-11(2)15(12(3)5-10)8-18-16(19)13-6-14(7-17)20-9-13/h4-6,9H,7-8,17H2,1-3H3,(H,18,19). The van der Waals surface area contributed by atoms with Gasteiger partial charge in [-0.3, -0.25) is 4.79 Å². The van der Waals surface area contributed by atoms with Gasteiger partial charge in [-0.2, -0.15) is 0 Å². The van der Waals surface area contributed by atoms with Crippen molar-refractivity contribution in [1.82, 2.24) is 5.32 Å². The van der Waals surface area contributed by atoms with E-state index in [-0.39, 0.29) is 5.91 Å². The van der Waals surface area contributed by atoms with E-state index in [1.165, 1.54) is 23.0 Å². The Balaban J connectivity index is 2.07. The molecule has 2 rings (SSSR count). The lowest BCUT2D eigenvalue weighted by atomic mass is 10.00.